The number of carbonyl (C=O) groups is 2. The van der Waals surface area contributed by atoms with Crippen molar-refractivity contribution in [3.8, 4) is 0 Å². The maximum atomic E-state index is 14.0. The average molecular weight is 443 g/mol. The molecule has 0 unspecified atom stereocenters. The quantitative estimate of drug-likeness (QED) is 0.663. The van der Waals surface area contributed by atoms with E-state index in [1.54, 1.807) is 54.7 Å². The van der Waals surface area contributed by atoms with Crippen molar-refractivity contribution in [1.29, 1.82) is 0 Å². The summed E-state index contributed by atoms with van der Waals surface area (Å²) in [5.74, 6) is -3.07. The van der Waals surface area contributed by atoms with Gasteiger partial charge in [0.15, 0.2) is 0 Å². The number of methoxy groups -OCH3 is 1. The highest BCUT2D eigenvalue weighted by molar-refractivity contribution is 7.85. The Balaban J connectivity index is 2.28. The molecule has 0 saturated heterocycles. The van der Waals surface area contributed by atoms with E-state index in [-0.39, 0.29) is 11.5 Å². The van der Waals surface area contributed by atoms with E-state index >= 15 is 0 Å². The molecule has 0 aliphatic carbocycles. The highest BCUT2D eigenvalue weighted by Crippen LogP contribution is 2.34. The first-order chi connectivity index (χ1) is 14.1. The highest BCUT2D eigenvalue weighted by atomic mass is 32.2. The Labute approximate surface area is 173 Å². The number of halogens is 3. The predicted octanol–water partition coefficient (Wildman–Crippen LogP) is 3.50. The number of rotatable bonds is 7. The van der Waals surface area contributed by atoms with Crippen LogP contribution in [0, 0.1) is 6.92 Å². The van der Waals surface area contributed by atoms with Gasteiger partial charge in [-0.15, -0.1) is 0 Å². The summed E-state index contributed by atoms with van der Waals surface area (Å²) in [6.07, 6.45) is -6.80. The van der Waals surface area contributed by atoms with Crippen LogP contribution in [0.1, 0.15) is 11.1 Å². The van der Waals surface area contributed by atoms with Crippen LogP contribution in [-0.2, 0) is 31.7 Å². The van der Waals surface area contributed by atoms with Crippen LogP contribution in [0.25, 0.3) is 0 Å². The molecule has 2 aromatic carbocycles. The molecule has 0 aromatic heterocycles. The van der Waals surface area contributed by atoms with Gasteiger partial charge in [-0.2, -0.15) is 13.2 Å². The lowest BCUT2D eigenvalue weighted by Crippen LogP contribution is -2.67. The monoisotopic (exact) mass is 443 g/mol. The normalized spacial score (nSPS) is 14.3. The van der Waals surface area contributed by atoms with E-state index in [0.29, 0.717) is 5.56 Å². The minimum atomic E-state index is -5.30. The summed E-state index contributed by atoms with van der Waals surface area (Å²) in [5.41, 5.74) is -2.20. The lowest BCUT2D eigenvalue weighted by atomic mass is 10.0. The van der Waals surface area contributed by atoms with Crippen LogP contribution in [0.4, 0.5) is 18.0 Å². The number of amides is 1. The summed E-state index contributed by atoms with van der Waals surface area (Å²) < 4.78 is 63.6. The summed E-state index contributed by atoms with van der Waals surface area (Å²) in [6, 6.07) is 14.2. The molecule has 10 heteroatoms. The van der Waals surface area contributed by atoms with Crippen molar-refractivity contribution in [3.05, 3.63) is 65.7 Å². The van der Waals surface area contributed by atoms with E-state index in [4.69, 9.17) is 4.74 Å². The van der Waals surface area contributed by atoms with E-state index in [0.717, 1.165) is 12.7 Å². The Morgan fingerprint density at radius 2 is 1.63 bits per heavy atom. The molecule has 1 amide bonds. The second kappa shape index (κ2) is 9.75. The largest absolute Gasteiger partial charge is 0.467 e. The van der Waals surface area contributed by atoms with Crippen LogP contribution >= 0.6 is 0 Å². The molecule has 0 heterocycles. The van der Waals surface area contributed by atoms with Gasteiger partial charge in [0.05, 0.1) is 23.7 Å². The molecule has 6 nitrogen and oxygen atoms in total. The van der Waals surface area contributed by atoms with Gasteiger partial charge in [-0.25, -0.2) is 9.59 Å². The van der Waals surface area contributed by atoms with Gasteiger partial charge < -0.3 is 9.47 Å². The molecule has 2 aromatic rings. The lowest BCUT2D eigenvalue weighted by Gasteiger charge is -2.32. The third-order valence-corrected chi connectivity index (χ3v) is 5.67. The topological polar surface area (TPSA) is 81.7 Å². The smallest absolute Gasteiger partial charge is 0.423 e. The molecule has 0 radical (unpaired) electrons. The summed E-state index contributed by atoms with van der Waals surface area (Å²) in [6.45, 7) is 1.44. The Kier molecular flexibility index (Phi) is 7.60. The Morgan fingerprint density at radius 1 is 1.03 bits per heavy atom. The van der Waals surface area contributed by atoms with Crippen LogP contribution in [0.15, 0.2) is 59.5 Å². The van der Waals surface area contributed by atoms with Gasteiger partial charge in [0.2, 0.25) is 5.54 Å². The summed E-state index contributed by atoms with van der Waals surface area (Å²) in [5, 5.41) is 1.55. The molecule has 30 heavy (non-hydrogen) atoms. The van der Waals surface area contributed by atoms with Crippen LogP contribution in [0.3, 0.4) is 0 Å². The van der Waals surface area contributed by atoms with Gasteiger partial charge >= 0.3 is 18.2 Å². The zero-order valence-electron chi connectivity index (χ0n) is 16.2. The molecular weight excluding hydrogens is 423 g/mol. The Morgan fingerprint density at radius 3 is 2.17 bits per heavy atom. The second-order valence-corrected chi connectivity index (χ2v) is 7.84. The molecule has 0 fully saturated rings. The maximum Gasteiger partial charge on any atom is 0.423 e. The second-order valence-electron chi connectivity index (χ2n) is 6.38. The van der Waals surface area contributed by atoms with E-state index in [9.17, 15) is 27.0 Å². The number of alkyl halides is 3. The Hall–Kier alpha value is -2.88. The molecule has 0 saturated carbocycles. The molecule has 0 bridgehead atoms. The molecular formula is C20H20F3NO5S. The van der Waals surface area contributed by atoms with Crippen molar-refractivity contribution in [2.75, 3.05) is 12.9 Å². The summed E-state index contributed by atoms with van der Waals surface area (Å²) in [7, 11) is -1.53. The van der Waals surface area contributed by atoms with Crippen molar-refractivity contribution in [3.63, 3.8) is 0 Å². The van der Waals surface area contributed by atoms with Crippen molar-refractivity contribution < 1.29 is 36.4 Å². The first-order valence-corrected chi connectivity index (χ1v) is 10.00. The molecule has 0 aliphatic heterocycles. The van der Waals surface area contributed by atoms with Crippen LogP contribution in [0.5, 0.6) is 0 Å². The van der Waals surface area contributed by atoms with Gasteiger partial charge in [0.25, 0.3) is 0 Å². The minimum absolute atomic E-state index is 0.0672. The predicted molar refractivity (Wildman–Crippen MR) is 103 cm³/mol. The van der Waals surface area contributed by atoms with E-state index in [1.165, 1.54) is 12.1 Å². The molecule has 0 aliphatic rings. The molecule has 0 spiro atoms. The number of alkyl carbamates (subject to hydrolysis) is 1. The number of esters is 1. The number of hydrogen-bond acceptors (Lipinski definition) is 5. The number of aryl methyl sites for hydroxylation is 1. The molecule has 162 valence electrons. The van der Waals surface area contributed by atoms with Crippen LogP contribution in [-0.4, -0.2) is 40.8 Å². The minimum Gasteiger partial charge on any atom is -0.467 e. The highest BCUT2D eigenvalue weighted by Gasteiger charge is 2.64. The summed E-state index contributed by atoms with van der Waals surface area (Å²) in [4.78, 5) is 24.4. The standard InChI is InChI=1S/C20H20F3NO5S/c1-14-8-10-16(11-9-14)30(27)13-19(17(25)28-2,20(21,22)23)24-18(26)29-12-15-6-4-3-5-7-15/h3-11H,12-13H2,1-2H3,(H,24,26)/t19-,30+/m0/s1. The third kappa shape index (κ3) is 5.59. The maximum absolute atomic E-state index is 14.0. The number of benzene rings is 2. The zero-order chi connectivity index (χ0) is 22.4. The van der Waals surface area contributed by atoms with Crippen molar-refractivity contribution in [1.82, 2.24) is 5.32 Å². The first kappa shape index (κ1) is 23.4. The van der Waals surface area contributed by atoms with Crippen molar-refractivity contribution in [2.45, 2.75) is 30.1 Å². The fourth-order valence-electron chi connectivity index (χ4n) is 2.49. The van der Waals surface area contributed by atoms with Gasteiger partial charge in [0.1, 0.15) is 6.61 Å². The van der Waals surface area contributed by atoms with Gasteiger partial charge in [-0.05, 0) is 24.6 Å². The number of ether oxygens (including phenoxy) is 2. The van der Waals surface area contributed by atoms with Gasteiger partial charge in [0, 0.05) is 4.90 Å². The van der Waals surface area contributed by atoms with Crippen molar-refractivity contribution in [2.24, 2.45) is 0 Å². The number of nitrogens with one attached hydrogen (secondary N) is 1. The SMILES string of the molecule is COC(=O)[C@](C[S@@](=O)c1ccc(C)cc1)(NC(=O)OCc1ccccc1)C(F)(F)F. The van der Waals surface area contributed by atoms with E-state index in [1.807, 2.05) is 0 Å². The fourth-order valence-corrected chi connectivity index (χ4v) is 3.85. The van der Waals surface area contributed by atoms with Gasteiger partial charge in [-0.1, -0.05) is 48.0 Å². The lowest BCUT2D eigenvalue weighted by molar-refractivity contribution is -0.205. The number of carbonyl (C=O) groups excluding carboxylic acids is 2. The summed E-state index contributed by atoms with van der Waals surface area (Å²) >= 11 is 0. The number of hydrogen-bond donors (Lipinski definition) is 1. The van der Waals surface area contributed by atoms with E-state index in [2.05, 4.69) is 4.74 Å². The third-order valence-electron chi connectivity index (χ3n) is 4.18. The first-order valence-electron chi connectivity index (χ1n) is 8.68. The van der Waals surface area contributed by atoms with E-state index < -0.39 is 40.3 Å². The average Bonchev–Trinajstić information content (AvgIpc) is 2.71. The van der Waals surface area contributed by atoms with Crippen LogP contribution in [0.2, 0.25) is 0 Å². The van der Waals surface area contributed by atoms with Crippen LogP contribution < -0.4 is 5.32 Å². The fraction of sp³-hybridized carbons (Fsp3) is 0.300. The molecule has 2 rings (SSSR count). The zero-order valence-corrected chi connectivity index (χ0v) is 17.0. The van der Waals surface area contributed by atoms with Crippen molar-refractivity contribution >= 4 is 22.9 Å². The molecule has 1 N–H and O–H groups in total. The molecule has 2 atom stereocenters. The van der Waals surface area contributed by atoms with Gasteiger partial charge in [-0.3, -0.25) is 9.53 Å². The Bertz CT molecular complexity index is 903.